The second kappa shape index (κ2) is 4.21. The summed E-state index contributed by atoms with van der Waals surface area (Å²) >= 11 is 1.52. The van der Waals surface area contributed by atoms with Crippen LogP contribution in [0.15, 0.2) is 0 Å². The third-order valence-electron chi connectivity index (χ3n) is 3.06. The smallest absolute Gasteiger partial charge is 0.326 e. The van der Waals surface area contributed by atoms with Crippen molar-refractivity contribution < 1.29 is 19.5 Å². The number of nitrogens with one attached hydrogen (secondary N) is 1. The van der Waals surface area contributed by atoms with E-state index in [0.717, 1.165) is 0 Å². The van der Waals surface area contributed by atoms with Gasteiger partial charge >= 0.3 is 5.97 Å². The van der Waals surface area contributed by atoms with Gasteiger partial charge in [-0.25, -0.2) is 4.79 Å². The van der Waals surface area contributed by atoms with Gasteiger partial charge in [-0.15, -0.1) is 11.8 Å². The fourth-order valence-corrected chi connectivity index (χ4v) is 3.74. The number of rotatable bonds is 2. The Bertz CT molecular complexity index is 387. The Morgan fingerprint density at radius 3 is 2.71 bits per heavy atom. The average Bonchev–Trinajstić information content (AvgIpc) is 2.24. The maximum absolute atomic E-state index is 11.8. The van der Waals surface area contributed by atoms with Crippen LogP contribution in [0.5, 0.6) is 0 Å². The highest BCUT2D eigenvalue weighted by Crippen LogP contribution is 2.40. The Morgan fingerprint density at radius 2 is 2.18 bits per heavy atom. The number of amides is 2. The molecule has 0 aliphatic carbocycles. The van der Waals surface area contributed by atoms with E-state index in [2.05, 4.69) is 5.32 Å². The first-order valence-corrected chi connectivity index (χ1v) is 6.42. The second-order valence-corrected chi connectivity index (χ2v) is 5.56. The molecule has 0 aromatic carbocycles. The minimum atomic E-state index is -0.975. The molecule has 0 saturated carbocycles. The number of nitrogens with zero attached hydrogens (tertiary/aromatic N) is 1. The standard InChI is InChI=1S/C10H14N2O4S/c1-4-3-17-9-6(11-5(2)13)8(14)12(9)7(4)10(15)16/h4,6-7,9H,3H2,1-2H3,(H,11,13)(H,15,16)/t4?,6-,7-,9-/m1/s1. The Hall–Kier alpha value is -1.24. The van der Waals surface area contributed by atoms with Crippen LogP contribution in [0.3, 0.4) is 0 Å². The third-order valence-corrected chi connectivity index (χ3v) is 4.62. The van der Waals surface area contributed by atoms with Crippen LogP contribution in [0.2, 0.25) is 0 Å². The summed E-state index contributed by atoms with van der Waals surface area (Å²) in [4.78, 5) is 35.3. The van der Waals surface area contributed by atoms with Crippen LogP contribution in [0.1, 0.15) is 13.8 Å². The van der Waals surface area contributed by atoms with Gasteiger partial charge in [-0.1, -0.05) is 6.92 Å². The molecule has 17 heavy (non-hydrogen) atoms. The average molecular weight is 258 g/mol. The number of carboxylic acids is 1. The minimum Gasteiger partial charge on any atom is -0.480 e. The van der Waals surface area contributed by atoms with Crippen LogP contribution in [-0.2, 0) is 14.4 Å². The van der Waals surface area contributed by atoms with E-state index >= 15 is 0 Å². The molecule has 2 aliphatic heterocycles. The van der Waals surface area contributed by atoms with E-state index in [4.69, 9.17) is 5.11 Å². The van der Waals surface area contributed by atoms with Crippen molar-refractivity contribution in [1.82, 2.24) is 10.2 Å². The van der Waals surface area contributed by atoms with Crippen molar-refractivity contribution in [1.29, 1.82) is 0 Å². The number of carbonyl (C=O) groups is 3. The van der Waals surface area contributed by atoms with Crippen molar-refractivity contribution in [2.75, 3.05) is 5.75 Å². The van der Waals surface area contributed by atoms with E-state index < -0.39 is 18.1 Å². The molecule has 2 amide bonds. The predicted molar refractivity (Wildman–Crippen MR) is 61.3 cm³/mol. The Kier molecular flexibility index (Phi) is 3.03. The molecule has 2 fully saturated rings. The summed E-state index contributed by atoms with van der Waals surface area (Å²) in [7, 11) is 0. The highest BCUT2D eigenvalue weighted by atomic mass is 32.2. The molecule has 0 spiro atoms. The normalized spacial score (nSPS) is 35.9. The van der Waals surface area contributed by atoms with Crippen molar-refractivity contribution in [3.8, 4) is 0 Å². The largest absolute Gasteiger partial charge is 0.480 e. The second-order valence-electron chi connectivity index (χ2n) is 4.41. The van der Waals surface area contributed by atoms with Gasteiger partial charge in [0, 0.05) is 12.7 Å². The number of hydrogen-bond donors (Lipinski definition) is 2. The number of thioether (sulfide) groups is 1. The lowest BCUT2D eigenvalue weighted by molar-refractivity contribution is -0.164. The molecule has 2 N–H and O–H groups in total. The molecule has 2 saturated heterocycles. The summed E-state index contributed by atoms with van der Waals surface area (Å²) in [6.07, 6.45) is 0. The van der Waals surface area contributed by atoms with Crippen molar-refractivity contribution in [3.63, 3.8) is 0 Å². The fourth-order valence-electron chi connectivity index (χ4n) is 2.29. The van der Waals surface area contributed by atoms with Gasteiger partial charge in [-0.05, 0) is 5.92 Å². The Morgan fingerprint density at radius 1 is 1.53 bits per heavy atom. The van der Waals surface area contributed by atoms with E-state index in [-0.39, 0.29) is 23.1 Å². The lowest BCUT2D eigenvalue weighted by Gasteiger charge is -2.53. The van der Waals surface area contributed by atoms with E-state index in [1.807, 2.05) is 6.92 Å². The van der Waals surface area contributed by atoms with Gasteiger partial charge in [0.2, 0.25) is 11.8 Å². The number of aliphatic carboxylic acids is 1. The van der Waals surface area contributed by atoms with Gasteiger partial charge in [0.15, 0.2) is 0 Å². The fraction of sp³-hybridized carbons (Fsp3) is 0.700. The van der Waals surface area contributed by atoms with Crippen LogP contribution < -0.4 is 5.32 Å². The van der Waals surface area contributed by atoms with Crippen molar-refractivity contribution in [2.45, 2.75) is 31.3 Å². The predicted octanol–water partition coefficient (Wildman–Crippen LogP) is -0.504. The Labute approximate surface area is 103 Å². The zero-order chi connectivity index (χ0) is 12.7. The van der Waals surface area contributed by atoms with Gasteiger partial charge < -0.3 is 15.3 Å². The van der Waals surface area contributed by atoms with E-state index in [0.29, 0.717) is 5.75 Å². The summed E-state index contributed by atoms with van der Waals surface area (Å²) in [5, 5.41) is 11.5. The molecule has 0 radical (unpaired) electrons. The van der Waals surface area contributed by atoms with Crippen LogP contribution in [0.4, 0.5) is 0 Å². The molecule has 0 bridgehead atoms. The topological polar surface area (TPSA) is 86.7 Å². The van der Waals surface area contributed by atoms with E-state index in [9.17, 15) is 14.4 Å². The number of hydrogen-bond acceptors (Lipinski definition) is 4. The first-order chi connectivity index (χ1) is 7.93. The SMILES string of the molecule is CC(=O)N[C@@H]1C(=O)N2[C@@H]1SCC(C)[C@@H]2C(=O)O. The number of β-lactam (4-membered cyclic amide) rings is 1. The van der Waals surface area contributed by atoms with Crippen molar-refractivity contribution >= 4 is 29.5 Å². The number of fused-ring (bicyclic) bond motifs is 1. The number of carboxylic acid groups (broad SMARTS) is 1. The minimum absolute atomic E-state index is 0.0732. The summed E-state index contributed by atoms with van der Waals surface area (Å²) in [6, 6.07) is -1.33. The lowest BCUT2D eigenvalue weighted by atomic mass is 9.95. The molecule has 2 heterocycles. The molecular weight excluding hydrogens is 244 g/mol. The molecular formula is C10H14N2O4S. The maximum Gasteiger partial charge on any atom is 0.326 e. The summed E-state index contributed by atoms with van der Waals surface area (Å²) in [6.45, 7) is 3.17. The van der Waals surface area contributed by atoms with Crippen molar-refractivity contribution in [3.05, 3.63) is 0 Å². The molecule has 0 aromatic rings. The summed E-state index contributed by atoms with van der Waals surface area (Å²) in [5.74, 6) is -0.930. The van der Waals surface area contributed by atoms with E-state index in [1.54, 1.807) is 0 Å². The van der Waals surface area contributed by atoms with Gasteiger partial charge in [0.05, 0.1) is 0 Å². The molecule has 0 aromatic heterocycles. The van der Waals surface area contributed by atoms with Crippen LogP contribution >= 0.6 is 11.8 Å². The molecule has 1 unspecified atom stereocenters. The zero-order valence-corrected chi connectivity index (χ0v) is 10.4. The molecule has 6 nitrogen and oxygen atoms in total. The van der Waals surface area contributed by atoms with Gasteiger partial charge in [-0.2, -0.15) is 0 Å². The van der Waals surface area contributed by atoms with Crippen LogP contribution in [0, 0.1) is 5.92 Å². The first kappa shape index (κ1) is 12.2. The van der Waals surface area contributed by atoms with Crippen LogP contribution in [0.25, 0.3) is 0 Å². The molecule has 4 atom stereocenters. The Balaban J connectivity index is 2.14. The lowest BCUT2D eigenvalue weighted by Crippen LogP contribution is -2.75. The van der Waals surface area contributed by atoms with Crippen LogP contribution in [-0.4, -0.2) is 51.0 Å². The highest BCUT2D eigenvalue weighted by Gasteiger charge is 2.56. The third kappa shape index (κ3) is 1.88. The first-order valence-electron chi connectivity index (χ1n) is 5.37. The van der Waals surface area contributed by atoms with Crippen molar-refractivity contribution in [2.24, 2.45) is 5.92 Å². The molecule has 94 valence electrons. The summed E-state index contributed by atoms with van der Waals surface area (Å²) in [5.41, 5.74) is 0. The van der Waals surface area contributed by atoms with Gasteiger partial charge in [0.1, 0.15) is 17.5 Å². The quantitative estimate of drug-likeness (QED) is 0.652. The monoisotopic (exact) mass is 258 g/mol. The molecule has 2 rings (SSSR count). The van der Waals surface area contributed by atoms with E-state index in [1.165, 1.54) is 23.6 Å². The maximum atomic E-state index is 11.8. The summed E-state index contributed by atoms with van der Waals surface area (Å²) < 4.78 is 0. The van der Waals surface area contributed by atoms with Gasteiger partial charge in [-0.3, -0.25) is 9.59 Å². The van der Waals surface area contributed by atoms with Gasteiger partial charge in [0.25, 0.3) is 0 Å². The molecule has 7 heteroatoms. The zero-order valence-electron chi connectivity index (χ0n) is 9.54. The number of carbonyl (C=O) groups excluding carboxylic acids is 2. The highest BCUT2D eigenvalue weighted by molar-refractivity contribution is 8.00. The molecule has 2 aliphatic rings.